The molecule has 1 aliphatic heterocycles. The molecule has 0 spiro atoms. The standard InChI is InChI=1S/C15H20N4O3S4/c1-10(13(20)17-11-5-8-26(21,22)9-11)24-15-19-18-14(25-15)16-6-4-12-3-2-7-23-12/h2-3,7,10-11H,4-6,8-9H2,1H3,(H,16,18)(H,17,20)/t10-,11+/m1/s1. The minimum absolute atomic E-state index is 0.0350. The Morgan fingerprint density at radius 1 is 1.46 bits per heavy atom. The van der Waals surface area contributed by atoms with Gasteiger partial charge in [0, 0.05) is 17.5 Å². The lowest BCUT2D eigenvalue weighted by Gasteiger charge is -2.14. The van der Waals surface area contributed by atoms with Crippen LogP contribution < -0.4 is 10.6 Å². The predicted octanol–water partition coefficient (Wildman–Crippen LogP) is 2.04. The lowest BCUT2D eigenvalue weighted by atomic mass is 10.2. The molecule has 26 heavy (non-hydrogen) atoms. The number of thioether (sulfide) groups is 1. The highest BCUT2D eigenvalue weighted by molar-refractivity contribution is 8.02. The van der Waals surface area contributed by atoms with Crippen LogP contribution in [0.3, 0.4) is 0 Å². The summed E-state index contributed by atoms with van der Waals surface area (Å²) in [6.45, 7) is 2.57. The van der Waals surface area contributed by atoms with E-state index < -0.39 is 9.84 Å². The predicted molar refractivity (Wildman–Crippen MR) is 107 cm³/mol. The van der Waals surface area contributed by atoms with Crippen molar-refractivity contribution in [1.82, 2.24) is 15.5 Å². The first-order valence-electron chi connectivity index (χ1n) is 8.18. The van der Waals surface area contributed by atoms with Gasteiger partial charge in [0.1, 0.15) is 0 Å². The maximum Gasteiger partial charge on any atom is 0.233 e. The van der Waals surface area contributed by atoms with Gasteiger partial charge in [0.15, 0.2) is 14.2 Å². The topological polar surface area (TPSA) is 101 Å². The third-order valence-electron chi connectivity index (χ3n) is 3.86. The van der Waals surface area contributed by atoms with Gasteiger partial charge in [-0.1, -0.05) is 29.2 Å². The van der Waals surface area contributed by atoms with Crippen molar-refractivity contribution in [3.8, 4) is 0 Å². The highest BCUT2D eigenvalue weighted by atomic mass is 32.2. The molecule has 3 heterocycles. The SMILES string of the molecule is C[C@@H](Sc1nnc(NCCc2cccs2)s1)C(=O)N[C@H]1CCS(=O)(=O)C1. The van der Waals surface area contributed by atoms with Gasteiger partial charge in [0.05, 0.1) is 16.8 Å². The highest BCUT2D eigenvalue weighted by Gasteiger charge is 2.30. The highest BCUT2D eigenvalue weighted by Crippen LogP contribution is 2.29. The van der Waals surface area contributed by atoms with Gasteiger partial charge in [-0.05, 0) is 31.2 Å². The van der Waals surface area contributed by atoms with Gasteiger partial charge in [0.2, 0.25) is 11.0 Å². The molecule has 0 bridgehead atoms. The van der Waals surface area contributed by atoms with E-state index >= 15 is 0 Å². The number of hydrogen-bond donors (Lipinski definition) is 2. The van der Waals surface area contributed by atoms with Crippen LogP contribution in [0.15, 0.2) is 21.9 Å². The first-order chi connectivity index (χ1) is 12.4. The van der Waals surface area contributed by atoms with Crippen molar-refractivity contribution in [2.45, 2.75) is 35.4 Å². The Bertz CT molecular complexity index is 835. The third-order valence-corrected chi connectivity index (χ3v) is 8.63. The molecule has 1 saturated heterocycles. The maximum atomic E-state index is 12.2. The van der Waals surface area contributed by atoms with Gasteiger partial charge in [-0.2, -0.15) is 0 Å². The van der Waals surface area contributed by atoms with Crippen LogP contribution in [0.1, 0.15) is 18.2 Å². The van der Waals surface area contributed by atoms with Crippen molar-refractivity contribution in [3.63, 3.8) is 0 Å². The second-order valence-electron chi connectivity index (χ2n) is 6.00. The van der Waals surface area contributed by atoms with Gasteiger partial charge >= 0.3 is 0 Å². The molecule has 1 aliphatic rings. The van der Waals surface area contributed by atoms with Crippen molar-refractivity contribution >= 4 is 55.3 Å². The first kappa shape index (κ1) is 19.6. The molecule has 0 unspecified atom stereocenters. The van der Waals surface area contributed by atoms with Crippen LogP contribution in [0, 0.1) is 0 Å². The lowest BCUT2D eigenvalue weighted by molar-refractivity contribution is -0.120. The van der Waals surface area contributed by atoms with Gasteiger partial charge in [-0.25, -0.2) is 8.42 Å². The maximum absolute atomic E-state index is 12.2. The molecule has 1 amide bonds. The summed E-state index contributed by atoms with van der Waals surface area (Å²) >= 11 is 4.48. The summed E-state index contributed by atoms with van der Waals surface area (Å²) in [5.41, 5.74) is 0. The molecule has 0 radical (unpaired) electrons. The number of nitrogens with one attached hydrogen (secondary N) is 2. The van der Waals surface area contributed by atoms with E-state index in [9.17, 15) is 13.2 Å². The van der Waals surface area contributed by atoms with Crippen LogP contribution in [0.5, 0.6) is 0 Å². The number of carbonyl (C=O) groups excluding carboxylic acids is 1. The van der Waals surface area contributed by atoms with Crippen LogP contribution in [0.4, 0.5) is 5.13 Å². The summed E-state index contributed by atoms with van der Waals surface area (Å²) < 4.78 is 23.6. The fourth-order valence-electron chi connectivity index (χ4n) is 2.51. The van der Waals surface area contributed by atoms with E-state index in [2.05, 4.69) is 32.3 Å². The minimum atomic E-state index is -3.00. The van der Waals surface area contributed by atoms with Crippen molar-refractivity contribution in [3.05, 3.63) is 22.4 Å². The zero-order valence-corrected chi connectivity index (χ0v) is 17.4. The second-order valence-corrected chi connectivity index (χ2v) is 11.8. The molecule has 2 aromatic heterocycles. The number of rotatable bonds is 8. The molecule has 1 fully saturated rings. The fourth-order valence-corrected chi connectivity index (χ4v) is 6.82. The monoisotopic (exact) mass is 432 g/mol. The van der Waals surface area contributed by atoms with Crippen molar-refractivity contribution in [2.24, 2.45) is 0 Å². The van der Waals surface area contributed by atoms with E-state index in [1.54, 1.807) is 18.3 Å². The summed E-state index contributed by atoms with van der Waals surface area (Å²) in [6.07, 6.45) is 1.42. The zero-order chi connectivity index (χ0) is 18.6. The summed E-state index contributed by atoms with van der Waals surface area (Å²) in [7, 11) is -3.00. The smallest absolute Gasteiger partial charge is 0.233 e. The summed E-state index contributed by atoms with van der Waals surface area (Å²) in [5.74, 6) is 0.0170. The number of carbonyl (C=O) groups is 1. The van der Waals surface area contributed by atoms with Crippen LogP contribution in [0.25, 0.3) is 0 Å². The number of amides is 1. The molecular weight excluding hydrogens is 412 g/mol. The summed E-state index contributed by atoms with van der Waals surface area (Å²) in [5, 5.41) is 16.7. The Kier molecular flexibility index (Phi) is 6.54. The van der Waals surface area contributed by atoms with Gasteiger partial charge in [-0.3, -0.25) is 4.79 Å². The van der Waals surface area contributed by atoms with Crippen molar-refractivity contribution < 1.29 is 13.2 Å². The average molecular weight is 433 g/mol. The molecule has 0 aliphatic carbocycles. The van der Waals surface area contributed by atoms with E-state index in [1.165, 1.54) is 28.0 Å². The molecule has 3 rings (SSSR count). The Labute approximate surface area is 164 Å². The Morgan fingerprint density at radius 3 is 3.00 bits per heavy atom. The first-order valence-corrected chi connectivity index (χ1v) is 12.6. The average Bonchev–Trinajstić information content (AvgIpc) is 3.30. The van der Waals surface area contributed by atoms with Crippen molar-refractivity contribution in [1.29, 1.82) is 0 Å². The fraction of sp³-hybridized carbons (Fsp3) is 0.533. The Morgan fingerprint density at radius 2 is 2.31 bits per heavy atom. The van der Waals surface area contributed by atoms with E-state index in [0.717, 1.165) is 18.1 Å². The van der Waals surface area contributed by atoms with Gasteiger partial charge in [0.25, 0.3) is 0 Å². The normalized spacial score (nSPS) is 20.0. The lowest BCUT2D eigenvalue weighted by Crippen LogP contribution is -2.39. The van der Waals surface area contributed by atoms with Crippen molar-refractivity contribution in [2.75, 3.05) is 23.4 Å². The number of thiophene rings is 1. The van der Waals surface area contributed by atoms with Gasteiger partial charge < -0.3 is 10.6 Å². The number of sulfone groups is 1. The summed E-state index contributed by atoms with van der Waals surface area (Å²) in [6, 6.07) is 3.86. The van der Waals surface area contributed by atoms with Crippen LogP contribution in [0.2, 0.25) is 0 Å². The van der Waals surface area contributed by atoms with E-state index in [1.807, 2.05) is 6.07 Å². The molecule has 142 valence electrons. The van der Waals surface area contributed by atoms with Crippen LogP contribution in [-0.2, 0) is 21.1 Å². The molecule has 2 atom stereocenters. The quantitative estimate of drug-likeness (QED) is 0.616. The summed E-state index contributed by atoms with van der Waals surface area (Å²) in [4.78, 5) is 13.6. The Balaban J connectivity index is 1.43. The van der Waals surface area contributed by atoms with Crippen LogP contribution in [-0.4, -0.2) is 53.9 Å². The van der Waals surface area contributed by atoms with E-state index in [0.29, 0.717) is 10.8 Å². The molecule has 2 N–H and O–H groups in total. The molecule has 7 nitrogen and oxygen atoms in total. The zero-order valence-electron chi connectivity index (χ0n) is 14.2. The molecule has 11 heteroatoms. The number of aromatic nitrogens is 2. The minimum Gasteiger partial charge on any atom is -0.360 e. The molecule has 0 aromatic carbocycles. The number of hydrogen-bond acceptors (Lipinski definition) is 9. The second kappa shape index (κ2) is 8.68. The Hall–Kier alpha value is -1.17. The molecule has 2 aromatic rings. The van der Waals surface area contributed by atoms with E-state index in [4.69, 9.17) is 0 Å². The van der Waals surface area contributed by atoms with Gasteiger partial charge in [-0.15, -0.1) is 21.5 Å². The third kappa shape index (κ3) is 5.66. The van der Waals surface area contributed by atoms with E-state index in [-0.39, 0.29) is 28.7 Å². The largest absolute Gasteiger partial charge is 0.360 e. The van der Waals surface area contributed by atoms with Crippen LogP contribution >= 0.6 is 34.4 Å². The number of anilines is 1. The molecular formula is C15H20N4O3S4. The number of nitrogens with zero attached hydrogens (tertiary/aromatic N) is 2. The molecule has 0 saturated carbocycles.